The molecule has 1 N–H and O–H groups in total. The van der Waals surface area contributed by atoms with Crippen LogP contribution in [0.5, 0.6) is 5.88 Å². The summed E-state index contributed by atoms with van der Waals surface area (Å²) >= 11 is 0. The summed E-state index contributed by atoms with van der Waals surface area (Å²) < 4.78 is 52.1. The molecule has 4 aromatic rings. The Morgan fingerprint density at radius 2 is 1.74 bits per heavy atom. The number of H-pyrrole nitrogens is 1. The summed E-state index contributed by atoms with van der Waals surface area (Å²) in [5.41, 5.74) is 1.46. The molecule has 0 unspecified atom stereocenters. The van der Waals surface area contributed by atoms with E-state index in [1.165, 1.54) is 12.5 Å². The van der Waals surface area contributed by atoms with Crippen LogP contribution >= 0.6 is 0 Å². The molecule has 4 aromatic heterocycles. The van der Waals surface area contributed by atoms with Gasteiger partial charge in [0.05, 0.1) is 37.0 Å². The number of piperidine rings is 1. The quantitative estimate of drug-likeness (QED) is 0.236. The standard InChI is InChI=1S/C30H37F3N8O2/c1-6-43-25-13-19(12-23(37-25)30(31,32)33)20-14-22(40(4)17-29(2,3)18-42-5)26-28(36-20)39-27(38-26)21-15-35-24(16-34-21)41-10-8-7-9-11-41/h12-16H,6-11,17-18H2,1-5H3,(H,36,38,39). The minimum absolute atomic E-state index is 0.128. The summed E-state index contributed by atoms with van der Waals surface area (Å²) in [5, 5.41) is 0. The average molecular weight is 599 g/mol. The first-order valence-corrected chi connectivity index (χ1v) is 14.4. The number of hydrogen-bond donors (Lipinski definition) is 1. The fourth-order valence-electron chi connectivity index (χ4n) is 5.46. The van der Waals surface area contributed by atoms with Gasteiger partial charge in [0.1, 0.15) is 22.7 Å². The maximum Gasteiger partial charge on any atom is 0.433 e. The van der Waals surface area contributed by atoms with E-state index in [1.54, 1.807) is 32.5 Å². The number of alkyl halides is 3. The van der Waals surface area contributed by atoms with E-state index >= 15 is 0 Å². The Morgan fingerprint density at radius 3 is 2.40 bits per heavy atom. The van der Waals surface area contributed by atoms with Gasteiger partial charge in [-0.15, -0.1) is 0 Å². The second-order valence-electron chi connectivity index (χ2n) is 11.6. The molecule has 0 aromatic carbocycles. The molecule has 1 aliphatic heterocycles. The zero-order valence-electron chi connectivity index (χ0n) is 25.1. The summed E-state index contributed by atoms with van der Waals surface area (Å²) in [6.07, 6.45) is 2.25. The van der Waals surface area contributed by atoms with E-state index in [4.69, 9.17) is 14.5 Å². The summed E-state index contributed by atoms with van der Waals surface area (Å²) in [4.78, 5) is 29.9. The van der Waals surface area contributed by atoms with Crippen molar-refractivity contribution in [3.63, 3.8) is 0 Å². The predicted octanol–water partition coefficient (Wildman–Crippen LogP) is 5.99. The molecule has 0 aliphatic carbocycles. The maximum absolute atomic E-state index is 13.8. The van der Waals surface area contributed by atoms with E-state index in [0.29, 0.717) is 47.2 Å². The molecule has 5 heterocycles. The Labute approximate surface area is 248 Å². The van der Waals surface area contributed by atoms with Gasteiger partial charge < -0.3 is 24.3 Å². The number of aromatic nitrogens is 6. The van der Waals surface area contributed by atoms with Crippen LogP contribution in [-0.2, 0) is 10.9 Å². The van der Waals surface area contributed by atoms with Crippen LogP contribution in [0.25, 0.3) is 33.9 Å². The van der Waals surface area contributed by atoms with Gasteiger partial charge in [-0.25, -0.2) is 24.9 Å². The Morgan fingerprint density at radius 1 is 0.977 bits per heavy atom. The smallest absolute Gasteiger partial charge is 0.433 e. The number of halogens is 3. The summed E-state index contributed by atoms with van der Waals surface area (Å²) in [5.74, 6) is 1.16. The van der Waals surface area contributed by atoms with Crippen molar-refractivity contribution in [2.75, 3.05) is 56.8 Å². The molecule has 43 heavy (non-hydrogen) atoms. The van der Waals surface area contributed by atoms with Gasteiger partial charge in [0.15, 0.2) is 11.5 Å². The van der Waals surface area contributed by atoms with Crippen LogP contribution in [0, 0.1) is 5.41 Å². The Bertz CT molecular complexity index is 1550. The third-order valence-electron chi connectivity index (χ3n) is 7.29. The zero-order chi connectivity index (χ0) is 30.8. The molecule has 0 radical (unpaired) electrons. The van der Waals surface area contributed by atoms with Crippen LogP contribution in [0.15, 0.2) is 30.6 Å². The van der Waals surface area contributed by atoms with Gasteiger partial charge in [-0.2, -0.15) is 13.2 Å². The van der Waals surface area contributed by atoms with Gasteiger partial charge in [0, 0.05) is 50.8 Å². The van der Waals surface area contributed by atoms with Crippen LogP contribution in [0.4, 0.5) is 24.7 Å². The predicted molar refractivity (Wildman–Crippen MR) is 159 cm³/mol. The van der Waals surface area contributed by atoms with E-state index < -0.39 is 11.9 Å². The SMILES string of the molecule is CCOc1cc(-c2cc(N(C)CC(C)(C)COC)c3[nH]c(-c4cnc(N5CCCCC5)cn4)nc3n2)cc(C(F)(F)F)n1. The van der Waals surface area contributed by atoms with Crippen LogP contribution in [0.2, 0.25) is 0 Å². The van der Waals surface area contributed by atoms with E-state index in [2.05, 4.69) is 43.7 Å². The zero-order valence-corrected chi connectivity index (χ0v) is 25.1. The molecule has 0 bridgehead atoms. The lowest BCUT2D eigenvalue weighted by molar-refractivity contribution is -0.141. The molecular formula is C30H37F3N8O2. The third kappa shape index (κ3) is 6.98. The Hall–Kier alpha value is -4.00. The highest BCUT2D eigenvalue weighted by molar-refractivity contribution is 5.91. The number of anilines is 2. The normalized spacial score (nSPS) is 14.4. The number of fused-ring (bicyclic) bond motifs is 1. The monoisotopic (exact) mass is 598 g/mol. The number of ether oxygens (including phenoxy) is 2. The average Bonchev–Trinajstić information content (AvgIpc) is 3.41. The first-order chi connectivity index (χ1) is 20.5. The van der Waals surface area contributed by atoms with E-state index in [1.807, 2.05) is 11.9 Å². The van der Waals surface area contributed by atoms with Gasteiger partial charge in [-0.1, -0.05) is 13.8 Å². The van der Waals surface area contributed by atoms with Crippen molar-refractivity contribution in [1.82, 2.24) is 29.9 Å². The maximum atomic E-state index is 13.8. The van der Waals surface area contributed by atoms with Crippen molar-refractivity contribution in [2.45, 2.75) is 46.2 Å². The summed E-state index contributed by atoms with van der Waals surface area (Å²) in [6, 6.07) is 4.20. The Balaban J connectivity index is 1.60. The lowest BCUT2D eigenvalue weighted by atomic mass is 9.94. The first kappa shape index (κ1) is 30.5. The lowest BCUT2D eigenvalue weighted by Gasteiger charge is -2.31. The molecule has 1 fully saturated rings. The summed E-state index contributed by atoms with van der Waals surface area (Å²) in [7, 11) is 3.57. The van der Waals surface area contributed by atoms with Crippen molar-refractivity contribution in [2.24, 2.45) is 5.41 Å². The molecule has 0 saturated carbocycles. The van der Waals surface area contributed by atoms with Gasteiger partial charge in [-0.3, -0.25) is 0 Å². The van der Waals surface area contributed by atoms with Gasteiger partial charge in [0.25, 0.3) is 0 Å². The fraction of sp³-hybridized carbons (Fsp3) is 0.500. The number of rotatable bonds is 10. The van der Waals surface area contributed by atoms with Crippen LogP contribution in [0.1, 0.15) is 45.7 Å². The number of nitrogens with one attached hydrogen (secondary N) is 1. The number of pyridine rings is 2. The van der Waals surface area contributed by atoms with Crippen LogP contribution in [0.3, 0.4) is 0 Å². The van der Waals surface area contributed by atoms with Crippen molar-refractivity contribution in [3.05, 3.63) is 36.3 Å². The lowest BCUT2D eigenvalue weighted by Crippen LogP contribution is -2.34. The molecule has 1 aliphatic rings. The van der Waals surface area contributed by atoms with Gasteiger partial charge in [0.2, 0.25) is 5.88 Å². The molecule has 1 saturated heterocycles. The molecule has 230 valence electrons. The van der Waals surface area contributed by atoms with Crippen molar-refractivity contribution in [1.29, 1.82) is 0 Å². The molecule has 10 nitrogen and oxygen atoms in total. The highest BCUT2D eigenvalue weighted by Crippen LogP contribution is 2.36. The van der Waals surface area contributed by atoms with Crippen molar-refractivity contribution in [3.8, 4) is 28.7 Å². The van der Waals surface area contributed by atoms with E-state index in [-0.39, 0.29) is 23.5 Å². The number of nitrogens with zero attached hydrogens (tertiary/aromatic N) is 7. The van der Waals surface area contributed by atoms with E-state index in [9.17, 15) is 13.2 Å². The number of aromatic amines is 1. The highest BCUT2D eigenvalue weighted by atomic mass is 19.4. The number of hydrogen-bond acceptors (Lipinski definition) is 9. The molecule has 0 amide bonds. The minimum Gasteiger partial charge on any atom is -0.478 e. The third-order valence-corrected chi connectivity index (χ3v) is 7.29. The molecule has 0 spiro atoms. The fourth-order valence-corrected chi connectivity index (χ4v) is 5.46. The largest absolute Gasteiger partial charge is 0.478 e. The molecular weight excluding hydrogens is 561 g/mol. The minimum atomic E-state index is -4.66. The van der Waals surface area contributed by atoms with Crippen molar-refractivity contribution >= 4 is 22.7 Å². The first-order valence-electron chi connectivity index (χ1n) is 14.4. The second-order valence-corrected chi connectivity index (χ2v) is 11.6. The topological polar surface area (TPSA) is 105 Å². The van der Waals surface area contributed by atoms with E-state index in [0.717, 1.165) is 37.8 Å². The van der Waals surface area contributed by atoms with Crippen LogP contribution in [-0.4, -0.2) is 76.9 Å². The van der Waals surface area contributed by atoms with Gasteiger partial charge in [-0.05, 0) is 38.3 Å². The second kappa shape index (κ2) is 12.3. The number of methoxy groups -OCH3 is 1. The van der Waals surface area contributed by atoms with Crippen molar-refractivity contribution < 1.29 is 22.6 Å². The molecule has 0 atom stereocenters. The highest BCUT2D eigenvalue weighted by Gasteiger charge is 2.34. The molecule has 13 heteroatoms. The summed E-state index contributed by atoms with van der Waals surface area (Å²) in [6.45, 7) is 9.03. The molecule has 5 rings (SSSR count). The van der Waals surface area contributed by atoms with Crippen LogP contribution < -0.4 is 14.5 Å². The number of imidazole rings is 1. The van der Waals surface area contributed by atoms with Gasteiger partial charge >= 0.3 is 6.18 Å². The Kier molecular flexibility index (Phi) is 8.72.